The summed E-state index contributed by atoms with van der Waals surface area (Å²) in [6.07, 6.45) is 0. The topological polar surface area (TPSA) is 184 Å². The molecule has 4 heterocycles. The molecule has 0 fully saturated rings. The second kappa shape index (κ2) is 11.6. The van der Waals surface area contributed by atoms with E-state index in [2.05, 4.69) is 19.9 Å². The van der Waals surface area contributed by atoms with E-state index in [1.54, 1.807) is 48.5 Å². The summed E-state index contributed by atoms with van der Waals surface area (Å²) in [5.41, 5.74) is 5.39. The first-order chi connectivity index (χ1) is 19.4. The van der Waals surface area contributed by atoms with Gasteiger partial charge in [-0.15, -0.1) is 0 Å². The van der Waals surface area contributed by atoms with Crippen molar-refractivity contribution in [3.8, 4) is 0 Å². The van der Waals surface area contributed by atoms with Crippen LogP contribution in [0.25, 0.3) is 44.4 Å². The molecule has 200 valence electrons. The molecule has 0 aliphatic carbocycles. The summed E-state index contributed by atoms with van der Waals surface area (Å²) >= 11 is 0. The standard InChI is InChI=1S/4C7H5NO2/c4*9-7-8-5-3-1-2-4-6(5)10-7/h4*1-4H,(H,8,9). The first kappa shape index (κ1) is 25.6. The Morgan fingerprint density at radius 1 is 0.325 bits per heavy atom. The lowest BCUT2D eigenvalue weighted by Crippen LogP contribution is -1.92. The van der Waals surface area contributed by atoms with Crippen LogP contribution in [0.1, 0.15) is 0 Å². The summed E-state index contributed by atoms with van der Waals surface area (Å²) in [6.45, 7) is 0. The van der Waals surface area contributed by atoms with E-state index in [0.29, 0.717) is 22.3 Å². The molecule has 0 unspecified atom stereocenters. The average molecular weight is 540 g/mol. The Labute approximate surface area is 221 Å². The summed E-state index contributed by atoms with van der Waals surface area (Å²) < 4.78 is 19.0. The summed E-state index contributed by atoms with van der Waals surface area (Å²) in [4.78, 5) is 52.4. The van der Waals surface area contributed by atoms with E-state index < -0.39 is 23.0 Å². The van der Waals surface area contributed by atoms with Crippen molar-refractivity contribution in [1.82, 2.24) is 19.9 Å². The van der Waals surface area contributed by atoms with E-state index in [4.69, 9.17) is 17.7 Å². The highest BCUT2D eigenvalue weighted by molar-refractivity contribution is 5.73. The number of oxazole rings is 4. The van der Waals surface area contributed by atoms with E-state index in [9.17, 15) is 19.2 Å². The van der Waals surface area contributed by atoms with Gasteiger partial charge in [0.05, 0.1) is 22.1 Å². The molecule has 12 nitrogen and oxygen atoms in total. The lowest BCUT2D eigenvalue weighted by molar-refractivity contribution is 0.555. The van der Waals surface area contributed by atoms with Gasteiger partial charge in [-0.05, 0) is 48.5 Å². The van der Waals surface area contributed by atoms with E-state index in [-0.39, 0.29) is 0 Å². The SMILES string of the molecule is O=c1[nH]c2ccccc2o1.O=c1[nH]c2ccccc2o1.O=c1[nH]c2ccccc2o1.O=c1[nH]c2ccccc2o1. The number of H-pyrrole nitrogens is 4. The largest absolute Gasteiger partial charge is 0.417 e. The second-order valence-electron chi connectivity index (χ2n) is 8.04. The highest BCUT2D eigenvalue weighted by atomic mass is 16.4. The molecule has 40 heavy (non-hydrogen) atoms. The van der Waals surface area contributed by atoms with Gasteiger partial charge >= 0.3 is 23.0 Å². The maximum absolute atomic E-state index is 10.6. The number of hydrogen-bond donors (Lipinski definition) is 4. The van der Waals surface area contributed by atoms with Gasteiger partial charge in [-0.1, -0.05) is 48.5 Å². The van der Waals surface area contributed by atoms with E-state index in [0.717, 1.165) is 22.1 Å². The third-order valence-electron chi connectivity index (χ3n) is 5.31. The fraction of sp³-hybridized carbons (Fsp3) is 0. The van der Waals surface area contributed by atoms with Gasteiger partial charge in [0, 0.05) is 0 Å². The Kier molecular flexibility index (Phi) is 7.40. The molecule has 0 aliphatic heterocycles. The number of para-hydroxylation sites is 8. The van der Waals surface area contributed by atoms with Crippen molar-refractivity contribution < 1.29 is 17.7 Å². The van der Waals surface area contributed by atoms with Crippen LogP contribution in [0.4, 0.5) is 0 Å². The van der Waals surface area contributed by atoms with Crippen molar-refractivity contribution >= 4 is 44.4 Å². The van der Waals surface area contributed by atoms with Gasteiger partial charge in [-0.3, -0.25) is 19.9 Å². The molecule has 0 atom stereocenters. The van der Waals surface area contributed by atoms with Gasteiger partial charge in [0.1, 0.15) is 0 Å². The predicted molar refractivity (Wildman–Crippen MR) is 147 cm³/mol. The fourth-order valence-corrected chi connectivity index (χ4v) is 3.58. The number of aromatic nitrogens is 4. The maximum Gasteiger partial charge on any atom is 0.417 e. The van der Waals surface area contributed by atoms with Gasteiger partial charge in [0.25, 0.3) is 0 Å². The Hall–Kier alpha value is -6.04. The molecule has 0 saturated heterocycles. The molecular weight excluding hydrogens is 520 g/mol. The second-order valence-corrected chi connectivity index (χ2v) is 8.04. The van der Waals surface area contributed by atoms with Crippen LogP contribution in [0.2, 0.25) is 0 Å². The van der Waals surface area contributed by atoms with E-state index in [1.165, 1.54) is 0 Å². The normalized spacial score (nSPS) is 10.4. The summed E-state index contributed by atoms with van der Waals surface area (Å²) in [5.74, 6) is -1.61. The van der Waals surface area contributed by atoms with Gasteiger partial charge in [-0.2, -0.15) is 0 Å². The molecule has 0 saturated carbocycles. The number of aromatic amines is 4. The van der Waals surface area contributed by atoms with Crippen LogP contribution in [0.5, 0.6) is 0 Å². The van der Waals surface area contributed by atoms with Crippen LogP contribution in [-0.2, 0) is 0 Å². The molecule has 4 aromatic heterocycles. The molecule has 4 N–H and O–H groups in total. The molecule has 8 aromatic rings. The highest BCUT2D eigenvalue weighted by Crippen LogP contribution is 2.08. The van der Waals surface area contributed by atoms with Crippen molar-refractivity contribution in [2.45, 2.75) is 0 Å². The first-order valence-electron chi connectivity index (χ1n) is 11.8. The van der Waals surface area contributed by atoms with Crippen molar-refractivity contribution in [3.63, 3.8) is 0 Å². The van der Waals surface area contributed by atoms with Crippen LogP contribution in [0, 0.1) is 0 Å². The van der Waals surface area contributed by atoms with Crippen molar-refractivity contribution in [3.05, 3.63) is 139 Å². The lowest BCUT2D eigenvalue weighted by Gasteiger charge is -1.79. The monoisotopic (exact) mass is 540 g/mol. The number of benzene rings is 4. The quantitative estimate of drug-likeness (QED) is 0.217. The number of hydrogen-bond acceptors (Lipinski definition) is 8. The minimum absolute atomic E-state index is 0.402. The molecule has 0 aliphatic rings. The molecule has 12 heteroatoms. The number of rotatable bonds is 0. The van der Waals surface area contributed by atoms with E-state index >= 15 is 0 Å². The van der Waals surface area contributed by atoms with Crippen molar-refractivity contribution in [1.29, 1.82) is 0 Å². The van der Waals surface area contributed by atoms with Crippen molar-refractivity contribution in [2.24, 2.45) is 0 Å². The Balaban J connectivity index is 0.000000108. The van der Waals surface area contributed by atoms with Crippen LogP contribution in [-0.4, -0.2) is 19.9 Å². The predicted octanol–water partition coefficient (Wildman–Crippen LogP) is 4.48. The third kappa shape index (κ3) is 6.26. The highest BCUT2D eigenvalue weighted by Gasteiger charge is 1.97. The zero-order valence-corrected chi connectivity index (χ0v) is 20.5. The maximum atomic E-state index is 10.6. The summed E-state index contributed by atoms with van der Waals surface area (Å²) in [5, 5.41) is 0. The summed E-state index contributed by atoms with van der Waals surface area (Å²) in [6, 6.07) is 28.8. The first-order valence-corrected chi connectivity index (χ1v) is 11.8. The van der Waals surface area contributed by atoms with Gasteiger partial charge in [0.15, 0.2) is 22.3 Å². The van der Waals surface area contributed by atoms with Crippen LogP contribution in [0.15, 0.2) is 134 Å². The number of fused-ring (bicyclic) bond motifs is 4. The van der Waals surface area contributed by atoms with Crippen LogP contribution < -0.4 is 23.0 Å². The minimum atomic E-state index is -0.402. The Bertz CT molecular complexity index is 1770. The summed E-state index contributed by atoms with van der Waals surface area (Å²) in [7, 11) is 0. The third-order valence-corrected chi connectivity index (χ3v) is 5.31. The Morgan fingerprint density at radius 2 is 0.525 bits per heavy atom. The Morgan fingerprint density at radius 3 is 0.725 bits per heavy atom. The molecule has 0 radical (unpaired) electrons. The molecule has 8 rings (SSSR count). The zero-order valence-electron chi connectivity index (χ0n) is 20.5. The van der Waals surface area contributed by atoms with E-state index in [1.807, 2.05) is 48.5 Å². The lowest BCUT2D eigenvalue weighted by atomic mass is 10.3. The molecule has 0 spiro atoms. The van der Waals surface area contributed by atoms with Gasteiger partial charge in [0.2, 0.25) is 0 Å². The van der Waals surface area contributed by atoms with Crippen LogP contribution >= 0.6 is 0 Å². The fourth-order valence-electron chi connectivity index (χ4n) is 3.58. The number of nitrogens with one attached hydrogen (secondary N) is 4. The zero-order chi connectivity index (χ0) is 27.9. The van der Waals surface area contributed by atoms with Gasteiger partial charge in [-0.25, -0.2) is 19.2 Å². The average Bonchev–Trinajstić information content (AvgIpc) is 3.71. The molecule has 4 aromatic carbocycles. The molecule has 0 bridgehead atoms. The van der Waals surface area contributed by atoms with Crippen molar-refractivity contribution in [2.75, 3.05) is 0 Å². The van der Waals surface area contributed by atoms with Crippen LogP contribution in [0.3, 0.4) is 0 Å². The molecular formula is C28H20N4O8. The minimum Gasteiger partial charge on any atom is -0.408 e. The molecule has 0 amide bonds. The van der Waals surface area contributed by atoms with Gasteiger partial charge < -0.3 is 17.7 Å². The smallest absolute Gasteiger partial charge is 0.408 e.